The van der Waals surface area contributed by atoms with E-state index in [0.29, 0.717) is 12.5 Å². The Morgan fingerprint density at radius 1 is 1.40 bits per heavy atom. The number of amides is 1. The number of likely N-dealkylation sites (tertiary alicyclic amines) is 1. The molecule has 110 valence electrons. The fourth-order valence-corrected chi connectivity index (χ4v) is 2.74. The maximum atomic E-state index is 12.1. The monoisotopic (exact) mass is 275 g/mol. The first-order valence-electron chi connectivity index (χ1n) is 7.39. The summed E-state index contributed by atoms with van der Waals surface area (Å²) < 4.78 is 0. The van der Waals surface area contributed by atoms with Crippen LogP contribution in [0, 0.1) is 12.8 Å². The summed E-state index contributed by atoms with van der Waals surface area (Å²) in [7, 11) is 0. The van der Waals surface area contributed by atoms with E-state index >= 15 is 0 Å². The van der Waals surface area contributed by atoms with Crippen LogP contribution in [0.4, 0.5) is 5.69 Å². The molecule has 4 heteroatoms. The van der Waals surface area contributed by atoms with Gasteiger partial charge in [0.15, 0.2) is 0 Å². The molecule has 3 N–H and O–H groups in total. The van der Waals surface area contributed by atoms with Gasteiger partial charge in [0.1, 0.15) is 0 Å². The zero-order valence-electron chi connectivity index (χ0n) is 12.4. The molecule has 1 amide bonds. The summed E-state index contributed by atoms with van der Waals surface area (Å²) in [5.41, 5.74) is 7.93. The molecule has 1 fully saturated rings. The van der Waals surface area contributed by atoms with Gasteiger partial charge in [-0.15, -0.1) is 0 Å². The summed E-state index contributed by atoms with van der Waals surface area (Å²) in [4.78, 5) is 14.3. The molecule has 0 aromatic heterocycles. The highest BCUT2D eigenvalue weighted by atomic mass is 16.2. The quantitative estimate of drug-likeness (QED) is 0.883. The van der Waals surface area contributed by atoms with Crippen molar-refractivity contribution in [1.29, 1.82) is 0 Å². The topological polar surface area (TPSA) is 58.4 Å². The van der Waals surface area contributed by atoms with Crippen molar-refractivity contribution in [3.8, 4) is 0 Å². The largest absolute Gasteiger partial charge is 0.328 e. The molecule has 0 spiro atoms. The zero-order valence-corrected chi connectivity index (χ0v) is 12.4. The molecule has 1 aliphatic rings. The van der Waals surface area contributed by atoms with Crippen molar-refractivity contribution in [1.82, 2.24) is 4.90 Å². The third kappa shape index (κ3) is 4.05. The number of carbonyl (C=O) groups excluding carboxylic acids is 1. The number of rotatable bonds is 4. The van der Waals surface area contributed by atoms with Crippen LogP contribution in [-0.2, 0) is 4.79 Å². The molecule has 1 saturated heterocycles. The minimum Gasteiger partial charge on any atom is -0.328 e. The van der Waals surface area contributed by atoms with E-state index in [-0.39, 0.29) is 11.9 Å². The molecule has 0 aliphatic carbocycles. The van der Waals surface area contributed by atoms with Gasteiger partial charge in [-0.3, -0.25) is 9.69 Å². The number of hydrogen-bond donors (Lipinski definition) is 2. The first-order chi connectivity index (χ1) is 9.56. The van der Waals surface area contributed by atoms with Gasteiger partial charge in [0.05, 0.1) is 6.54 Å². The van der Waals surface area contributed by atoms with Gasteiger partial charge in [0, 0.05) is 11.7 Å². The average molecular weight is 275 g/mol. The molecule has 20 heavy (non-hydrogen) atoms. The predicted octanol–water partition coefficient (Wildman–Crippen LogP) is 1.99. The zero-order chi connectivity index (χ0) is 14.5. The molecule has 1 atom stereocenters. The first-order valence-corrected chi connectivity index (χ1v) is 7.39. The summed E-state index contributed by atoms with van der Waals surface area (Å²) in [5, 5.41) is 2.99. The number of carbonyl (C=O) groups is 1. The Morgan fingerprint density at radius 3 is 2.65 bits per heavy atom. The fourth-order valence-electron chi connectivity index (χ4n) is 2.74. The third-order valence-corrected chi connectivity index (χ3v) is 4.16. The van der Waals surface area contributed by atoms with Gasteiger partial charge in [0.25, 0.3) is 0 Å². The normalized spacial score (nSPS) is 18.8. The van der Waals surface area contributed by atoms with Crippen molar-refractivity contribution in [3.63, 3.8) is 0 Å². The minimum absolute atomic E-state index is 0.0681. The molecular weight excluding hydrogens is 250 g/mol. The number of para-hydroxylation sites is 1. The van der Waals surface area contributed by atoms with E-state index in [9.17, 15) is 4.79 Å². The van der Waals surface area contributed by atoms with Crippen LogP contribution in [0.3, 0.4) is 0 Å². The van der Waals surface area contributed by atoms with E-state index < -0.39 is 0 Å². The average Bonchev–Trinajstić information content (AvgIpc) is 2.42. The van der Waals surface area contributed by atoms with Gasteiger partial charge in [-0.05, 0) is 57.3 Å². The highest BCUT2D eigenvalue weighted by Gasteiger charge is 2.23. The van der Waals surface area contributed by atoms with Crippen molar-refractivity contribution < 1.29 is 4.79 Å². The standard InChI is InChI=1S/C16H25N3O/c1-12-5-3-4-6-15(12)18-16(20)11-19-9-7-14(8-10-19)13(2)17/h3-6,13-14H,7-11,17H2,1-2H3,(H,18,20). The van der Waals surface area contributed by atoms with Gasteiger partial charge in [-0.25, -0.2) is 0 Å². The Hall–Kier alpha value is -1.39. The number of benzene rings is 1. The van der Waals surface area contributed by atoms with Gasteiger partial charge in [-0.2, -0.15) is 0 Å². The van der Waals surface area contributed by atoms with Crippen LogP contribution < -0.4 is 11.1 Å². The number of nitrogens with two attached hydrogens (primary N) is 1. The Labute approximate surface area is 121 Å². The number of aryl methyl sites for hydroxylation is 1. The van der Waals surface area contributed by atoms with Crippen LogP contribution in [0.25, 0.3) is 0 Å². The van der Waals surface area contributed by atoms with E-state index in [0.717, 1.165) is 37.2 Å². The lowest BCUT2D eigenvalue weighted by Crippen LogP contribution is -2.42. The minimum atomic E-state index is 0.0681. The number of anilines is 1. The van der Waals surface area contributed by atoms with E-state index in [1.54, 1.807) is 0 Å². The number of piperidine rings is 1. The predicted molar refractivity (Wildman–Crippen MR) is 82.6 cm³/mol. The molecule has 0 radical (unpaired) electrons. The van der Waals surface area contributed by atoms with Crippen molar-refractivity contribution in [2.75, 3.05) is 25.0 Å². The van der Waals surface area contributed by atoms with E-state index in [2.05, 4.69) is 17.1 Å². The molecule has 2 rings (SSSR count). The van der Waals surface area contributed by atoms with Crippen LogP contribution in [0.15, 0.2) is 24.3 Å². The molecule has 1 aliphatic heterocycles. The van der Waals surface area contributed by atoms with Crippen LogP contribution >= 0.6 is 0 Å². The fraction of sp³-hybridized carbons (Fsp3) is 0.562. The van der Waals surface area contributed by atoms with E-state index in [1.807, 2.05) is 31.2 Å². The number of hydrogen-bond acceptors (Lipinski definition) is 3. The van der Waals surface area contributed by atoms with Crippen molar-refractivity contribution in [2.24, 2.45) is 11.7 Å². The third-order valence-electron chi connectivity index (χ3n) is 4.16. The molecular formula is C16H25N3O. The van der Waals surface area contributed by atoms with Gasteiger partial charge < -0.3 is 11.1 Å². The SMILES string of the molecule is Cc1ccccc1NC(=O)CN1CCC(C(C)N)CC1. The summed E-state index contributed by atoms with van der Waals surface area (Å²) in [6.45, 7) is 6.48. The second-order valence-electron chi connectivity index (χ2n) is 5.84. The Balaban J connectivity index is 1.80. The van der Waals surface area contributed by atoms with E-state index in [1.165, 1.54) is 0 Å². The Bertz CT molecular complexity index is 451. The van der Waals surface area contributed by atoms with Crippen molar-refractivity contribution in [2.45, 2.75) is 32.7 Å². The van der Waals surface area contributed by atoms with Gasteiger partial charge >= 0.3 is 0 Å². The molecule has 1 aromatic carbocycles. The summed E-state index contributed by atoms with van der Waals surface area (Å²) in [5.74, 6) is 0.671. The lowest BCUT2D eigenvalue weighted by Gasteiger charge is -2.33. The molecule has 1 aromatic rings. The number of nitrogens with one attached hydrogen (secondary N) is 1. The van der Waals surface area contributed by atoms with Crippen LogP contribution in [-0.4, -0.2) is 36.5 Å². The smallest absolute Gasteiger partial charge is 0.238 e. The first kappa shape index (κ1) is 15.0. The van der Waals surface area contributed by atoms with Crippen LogP contribution in [0.2, 0.25) is 0 Å². The van der Waals surface area contributed by atoms with Crippen molar-refractivity contribution >= 4 is 11.6 Å². The molecule has 0 saturated carbocycles. The molecule has 1 unspecified atom stereocenters. The van der Waals surface area contributed by atoms with Gasteiger partial charge in [-0.1, -0.05) is 18.2 Å². The summed E-state index contributed by atoms with van der Waals surface area (Å²) in [6.07, 6.45) is 2.19. The highest BCUT2D eigenvalue weighted by Crippen LogP contribution is 2.19. The maximum Gasteiger partial charge on any atom is 0.238 e. The molecule has 0 bridgehead atoms. The van der Waals surface area contributed by atoms with Gasteiger partial charge in [0.2, 0.25) is 5.91 Å². The molecule has 4 nitrogen and oxygen atoms in total. The summed E-state index contributed by atoms with van der Waals surface area (Å²) >= 11 is 0. The van der Waals surface area contributed by atoms with Crippen LogP contribution in [0.1, 0.15) is 25.3 Å². The van der Waals surface area contributed by atoms with Crippen LogP contribution in [0.5, 0.6) is 0 Å². The Morgan fingerprint density at radius 2 is 2.05 bits per heavy atom. The highest BCUT2D eigenvalue weighted by molar-refractivity contribution is 5.92. The second kappa shape index (κ2) is 6.86. The Kier molecular flexibility index (Phi) is 5.15. The second-order valence-corrected chi connectivity index (χ2v) is 5.84. The summed E-state index contributed by atoms with van der Waals surface area (Å²) in [6, 6.07) is 8.12. The van der Waals surface area contributed by atoms with Crippen molar-refractivity contribution in [3.05, 3.63) is 29.8 Å². The van der Waals surface area contributed by atoms with E-state index in [4.69, 9.17) is 5.73 Å². The lowest BCUT2D eigenvalue weighted by molar-refractivity contribution is -0.117. The maximum absolute atomic E-state index is 12.1. The molecule has 1 heterocycles. The lowest BCUT2D eigenvalue weighted by atomic mass is 9.91. The number of nitrogens with zero attached hydrogens (tertiary/aromatic N) is 1.